The van der Waals surface area contributed by atoms with Crippen LogP contribution in [-0.2, 0) is 18.4 Å². The van der Waals surface area contributed by atoms with E-state index in [9.17, 15) is 4.79 Å². The van der Waals surface area contributed by atoms with E-state index < -0.39 is 0 Å². The third kappa shape index (κ3) is 2.68. The number of esters is 1. The molecule has 0 spiro atoms. The van der Waals surface area contributed by atoms with Crippen LogP contribution in [0.4, 0.5) is 0 Å². The Kier molecular flexibility index (Phi) is 3.62. The maximum Gasteiger partial charge on any atom is 0.355 e. The molecule has 0 radical (unpaired) electrons. The molecule has 94 valence electrons. The predicted octanol–water partition coefficient (Wildman–Crippen LogP) is 1.79. The van der Waals surface area contributed by atoms with E-state index in [4.69, 9.17) is 9.47 Å². The van der Waals surface area contributed by atoms with Crippen LogP contribution in [0.1, 0.15) is 16.1 Å². The molecule has 0 aromatic carbocycles. The van der Waals surface area contributed by atoms with Gasteiger partial charge in [-0.15, -0.1) is 0 Å². The van der Waals surface area contributed by atoms with E-state index in [1.54, 1.807) is 49.3 Å². The van der Waals surface area contributed by atoms with Crippen molar-refractivity contribution in [3.63, 3.8) is 0 Å². The van der Waals surface area contributed by atoms with Crippen molar-refractivity contribution in [2.24, 2.45) is 7.05 Å². The second-order valence-electron chi connectivity index (χ2n) is 3.79. The van der Waals surface area contributed by atoms with Crippen LogP contribution in [0.25, 0.3) is 0 Å². The van der Waals surface area contributed by atoms with Crippen LogP contribution in [0.5, 0.6) is 5.88 Å². The molecule has 0 aliphatic carbocycles. The number of aromatic nitrogens is 2. The molecule has 5 nitrogen and oxygen atoms in total. The van der Waals surface area contributed by atoms with Gasteiger partial charge in [0, 0.05) is 31.1 Å². The monoisotopic (exact) mass is 246 g/mol. The van der Waals surface area contributed by atoms with Crippen LogP contribution in [0.3, 0.4) is 0 Å². The van der Waals surface area contributed by atoms with Gasteiger partial charge in [0.15, 0.2) is 0 Å². The first-order valence-electron chi connectivity index (χ1n) is 5.48. The topological polar surface area (TPSA) is 53.4 Å². The zero-order chi connectivity index (χ0) is 13.0. The maximum absolute atomic E-state index is 11.7. The number of carbonyl (C=O) groups excluding carboxylic acids is 1. The first kappa shape index (κ1) is 12.2. The lowest BCUT2D eigenvalue weighted by molar-refractivity contribution is 0.0461. The lowest BCUT2D eigenvalue weighted by Gasteiger charge is -2.06. The van der Waals surface area contributed by atoms with Gasteiger partial charge in [-0.1, -0.05) is 0 Å². The van der Waals surface area contributed by atoms with E-state index in [-0.39, 0.29) is 12.6 Å². The highest BCUT2D eigenvalue weighted by molar-refractivity contribution is 5.87. The SMILES string of the molecule is COc1ccc(COC(=O)c2cccn2C)cn1. The molecule has 0 unspecified atom stereocenters. The second kappa shape index (κ2) is 5.35. The van der Waals surface area contributed by atoms with Crippen molar-refractivity contribution in [1.82, 2.24) is 9.55 Å². The maximum atomic E-state index is 11.7. The van der Waals surface area contributed by atoms with Gasteiger partial charge in [-0.05, 0) is 18.2 Å². The minimum atomic E-state index is -0.349. The summed E-state index contributed by atoms with van der Waals surface area (Å²) in [6, 6.07) is 7.05. The van der Waals surface area contributed by atoms with Crippen molar-refractivity contribution in [1.29, 1.82) is 0 Å². The molecule has 5 heteroatoms. The van der Waals surface area contributed by atoms with Crippen molar-refractivity contribution < 1.29 is 14.3 Å². The van der Waals surface area contributed by atoms with E-state index in [1.165, 1.54) is 0 Å². The molecule has 0 saturated heterocycles. The number of hydrogen-bond donors (Lipinski definition) is 0. The number of methoxy groups -OCH3 is 1. The van der Waals surface area contributed by atoms with E-state index >= 15 is 0 Å². The summed E-state index contributed by atoms with van der Waals surface area (Å²) >= 11 is 0. The largest absolute Gasteiger partial charge is 0.481 e. The Morgan fingerprint density at radius 3 is 2.78 bits per heavy atom. The average Bonchev–Trinajstić information content (AvgIpc) is 2.83. The van der Waals surface area contributed by atoms with Gasteiger partial charge in [-0.2, -0.15) is 0 Å². The zero-order valence-corrected chi connectivity index (χ0v) is 10.3. The number of hydrogen-bond acceptors (Lipinski definition) is 4. The van der Waals surface area contributed by atoms with Gasteiger partial charge in [0.25, 0.3) is 0 Å². The number of carbonyl (C=O) groups is 1. The molecule has 2 rings (SSSR count). The van der Waals surface area contributed by atoms with Gasteiger partial charge in [0.05, 0.1) is 7.11 Å². The smallest absolute Gasteiger partial charge is 0.355 e. The van der Waals surface area contributed by atoms with Crippen LogP contribution < -0.4 is 4.74 Å². The lowest BCUT2D eigenvalue weighted by Crippen LogP contribution is -2.09. The summed E-state index contributed by atoms with van der Waals surface area (Å²) in [4.78, 5) is 15.8. The van der Waals surface area contributed by atoms with Crippen molar-refractivity contribution in [2.45, 2.75) is 6.61 Å². The van der Waals surface area contributed by atoms with Crippen LogP contribution in [0, 0.1) is 0 Å². The quantitative estimate of drug-likeness (QED) is 0.772. The van der Waals surface area contributed by atoms with Crippen molar-refractivity contribution >= 4 is 5.97 Å². The Labute approximate surface area is 105 Å². The summed E-state index contributed by atoms with van der Waals surface area (Å²) in [5.41, 5.74) is 1.34. The molecule has 0 fully saturated rings. The molecule has 0 amide bonds. The molecule has 0 aliphatic rings. The van der Waals surface area contributed by atoms with Gasteiger partial charge in [0.1, 0.15) is 12.3 Å². The summed E-state index contributed by atoms with van der Waals surface area (Å²) in [6.07, 6.45) is 3.42. The number of rotatable bonds is 4. The zero-order valence-electron chi connectivity index (χ0n) is 10.3. The fourth-order valence-corrected chi connectivity index (χ4v) is 1.51. The van der Waals surface area contributed by atoms with Crippen molar-refractivity contribution in [3.8, 4) is 5.88 Å². The van der Waals surface area contributed by atoms with Crippen molar-refractivity contribution in [3.05, 3.63) is 47.9 Å². The minimum Gasteiger partial charge on any atom is -0.481 e. The number of ether oxygens (including phenoxy) is 2. The Hall–Kier alpha value is -2.30. The summed E-state index contributed by atoms with van der Waals surface area (Å²) < 4.78 is 11.9. The Bertz CT molecular complexity index is 531. The Morgan fingerprint density at radius 2 is 2.22 bits per heavy atom. The summed E-state index contributed by atoms with van der Waals surface area (Å²) in [5, 5.41) is 0. The van der Waals surface area contributed by atoms with Gasteiger partial charge >= 0.3 is 5.97 Å². The highest BCUT2D eigenvalue weighted by Crippen LogP contribution is 2.09. The van der Waals surface area contributed by atoms with E-state index in [1.807, 2.05) is 6.07 Å². The molecule has 0 atom stereocenters. The predicted molar refractivity (Wildman–Crippen MR) is 65.3 cm³/mol. The molecule has 2 aromatic rings. The normalized spacial score (nSPS) is 10.1. The number of aryl methyl sites for hydroxylation is 1. The highest BCUT2D eigenvalue weighted by atomic mass is 16.5. The lowest BCUT2D eigenvalue weighted by atomic mass is 10.3. The molecular weight excluding hydrogens is 232 g/mol. The second-order valence-corrected chi connectivity index (χ2v) is 3.79. The van der Waals surface area contributed by atoms with Crippen molar-refractivity contribution in [2.75, 3.05) is 7.11 Å². The van der Waals surface area contributed by atoms with Gasteiger partial charge in [0.2, 0.25) is 5.88 Å². The first-order valence-corrected chi connectivity index (χ1v) is 5.48. The third-order valence-electron chi connectivity index (χ3n) is 2.53. The molecule has 0 bridgehead atoms. The average molecular weight is 246 g/mol. The van der Waals surface area contributed by atoms with Crippen LogP contribution >= 0.6 is 0 Å². The minimum absolute atomic E-state index is 0.195. The summed E-state index contributed by atoms with van der Waals surface area (Å²) in [5.74, 6) is 0.186. The molecule has 0 N–H and O–H groups in total. The number of nitrogens with zero attached hydrogens (tertiary/aromatic N) is 2. The van der Waals surface area contributed by atoms with E-state index in [0.717, 1.165) is 5.56 Å². The van der Waals surface area contributed by atoms with Gasteiger partial charge in [-0.25, -0.2) is 9.78 Å². The van der Waals surface area contributed by atoms with E-state index in [0.29, 0.717) is 11.6 Å². The van der Waals surface area contributed by atoms with Crippen LogP contribution in [-0.4, -0.2) is 22.6 Å². The fourth-order valence-electron chi connectivity index (χ4n) is 1.51. The first-order chi connectivity index (χ1) is 8.70. The highest BCUT2D eigenvalue weighted by Gasteiger charge is 2.10. The molecule has 18 heavy (non-hydrogen) atoms. The number of pyridine rings is 1. The third-order valence-corrected chi connectivity index (χ3v) is 2.53. The summed E-state index contributed by atoms with van der Waals surface area (Å²) in [6.45, 7) is 0.195. The Balaban J connectivity index is 1.95. The molecule has 2 aromatic heterocycles. The van der Waals surface area contributed by atoms with Crippen LogP contribution in [0.2, 0.25) is 0 Å². The molecule has 0 aliphatic heterocycles. The Morgan fingerprint density at radius 1 is 1.39 bits per heavy atom. The standard InChI is InChI=1S/C13H14N2O3/c1-15-7-3-4-11(15)13(16)18-9-10-5-6-12(17-2)14-8-10/h3-8H,9H2,1-2H3. The van der Waals surface area contributed by atoms with Crippen LogP contribution in [0.15, 0.2) is 36.7 Å². The molecule has 2 heterocycles. The van der Waals surface area contributed by atoms with Gasteiger partial charge in [-0.3, -0.25) is 0 Å². The van der Waals surface area contributed by atoms with Gasteiger partial charge < -0.3 is 14.0 Å². The molecular formula is C13H14N2O3. The molecule has 0 saturated carbocycles. The van der Waals surface area contributed by atoms with E-state index in [2.05, 4.69) is 4.98 Å². The summed E-state index contributed by atoms with van der Waals surface area (Å²) in [7, 11) is 3.35. The fraction of sp³-hybridized carbons (Fsp3) is 0.231.